The molecule has 0 amide bonds. The van der Waals surface area contributed by atoms with Crippen LogP contribution >= 0.6 is 0 Å². The van der Waals surface area contributed by atoms with Crippen molar-refractivity contribution in [2.75, 3.05) is 0 Å². The van der Waals surface area contributed by atoms with Crippen LogP contribution in [0.5, 0.6) is 0 Å². The Morgan fingerprint density at radius 1 is 0.744 bits per heavy atom. The first kappa shape index (κ1) is 32.4. The van der Waals surface area contributed by atoms with Crippen molar-refractivity contribution in [2.24, 2.45) is 34.5 Å². The van der Waals surface area contributed by atoms with Gasteiger partial charge in [-0.1, -0.05) is 34.6 Å². The SMILES string of the molecule is C[C@H](O[Si](C)(C)C)[C@@]1(O[Si](C)(C)C)CCC2C3CC[C@@H]4C[C@H](O[Si](C)(C)C(C)(C)C)CCC4(C)C3CCC21C. The van der Waals surface area contributed by atoms with Gasteiger partial charge in [-0.05, 0) is 151 Å². The summed E-state index contributed by atoms with van der Waals surface area (Å²) in [7, 11) is -5.16. The Bertz CT molecular complexity index is 886. The van der Waals surface area contributed by atoms with Crippen molar-refractivity contribution in [3.8, 4) is 0 Å². The summed E-state index contributed by atoms with van der Waals surface area (Å²) in [5, 5.41) is 0.294. The minimum absolute atomic E-state index is 0.125. The second kappa shape index (κ2) is 10.3. The summed E-state index contributed by atoms with van der Waals surface area (Å²) in [6.45, 7) is 34.0. The van der Waals surface area contributed by atoms with E-state index < -0.39 is 25.0 Å². The molecule has 0 aromatic rings. The van der Waals surface area contributed by atoms with Gasteiger partial charge in [0.1, 0.15) is 0 Å². The molecule has 0 aromatic heterocycles. The lowest BCUT2D eigenvalue weighted by Gasteiger charge is -2.63. The standard InChI is InChI=1S/C33H66O3Si3/c1-24(34-37(7,8)9)33(36-38(10,11)12)22-19-29-27-16-15-25-23-26(35-39(13,14)30(2,3)4)17-20-31(25,5)28(27)18-21-32(29,33)6/h24-29H,15-23H2,1-14H3/t24-,25+,26+,27?,28?,29?,31?,32?,33-/m0/s1. The van der Waals surface area contributed by atoms with Crippen molar-refractivity contribution < 1.29 is 13.3 Å². The predicted molar refractivity (Wildman–Crippen MR) is 175 cm³/mol. The van der Waals surface area contributed by atoms with Crippen LogP contribution in [0.25, 0.3) is 0 Å². The van der Waals surface area contributed by atoms with E-state index in [1.807, 2.05) is 0 Å². The molecular weight excluding hydrogens is 529 g/mol. The van der Waals surface area contributed by atoms with E-state index in [1.165, 1.54) is 57.8 Å². The van der Waals surface area contributed by atoms with Crippen LogP contribution in [0.1, 0.15) is 99.3 Å². The Balaban J connectivity index is 1.56. The van der Waals surface area contributed by atoms with Crippen molar-refractivity contribution >= 4 is 25.0 Å². The lowest BCUT2D eigenvalue weighted by molar-refractivity contribution is -0.175. The average Bonchev–Trinajstić information content (AvgIpc) is 3.04. The second-order valence-corrected chi connectivity index (χ2v) is 32.0. The van der Waals surface area contributed by atoms with Crippen molar-refractivity contribution in [3.05, 3.63) is 0 Å². The third kappa shape index (κ3) is 5.88. The highest BCUT2D eigenvalue weighted by atomic mass is 28.4. The van der Waals surface area contributed by atoms with E-state index in [-0.39, 0.29) is 17.1 Å². The Morgan fingerprint density at radius 2 is 1.36 bits per heavy atom. The first-order chi connectivity index (χ1) is 17.5. The summed E-state index contributed by atoms with van der Waals surface area (Å²) < 4.78 is 21.3. The molecule has 0 radical (unpaired) electrons. The van der Waals surface area contributed by atoms with E-state index in [4.69, 9.17) is 13.3 Å². The van der Waals surface area contributed by atoms with Gasteiger partial charge in [0.15, 0.2) is 25.0 Å². The Hall–Kier alpha value is 0.531. The minimum Gasteiger partial charge on any atom is -0.414 e. The lowest BCUT2D eigenvalue weighted by atomic mass is 9.44. The molecule has 9 atom stereocenters. The zero-order valence-electron chi connectivity index (χ0n) is 28.6. The summed E-state index contributed by atoms with van der Waals surface area (Å²) in [6.07, 6.45) is 12.7. The number of fused-ring (bicyclic) bond motifs is 5. The Morgan fingerprint density at radius 3 is 1.92 bits per heavy atom. The zero-order chi connectivity index (χ0) is 29.4. The molecule has 228 valence electrons. The lowest BCUT2D eigenvalue weighted by Crippen LogP contribution is -2.63. The third-order valence-electron chi connectivity index (χ3n) is 12.7. The molecule has 0 spiro atoms. The van der Waals surface area contributed by atoms with Crippen LogP contribution in [0.4, 0.5) is 0 Å². The monoisotopic (exact) mass is 594 g/mol. The molecule has 0 heterocycles. The van der Waals surface area contributed by atoms with Crippen LogP contribution < -0.4 is 0 Å². The quantitative estimate of drug-likeness (QED) is 0.274. The zero-order valence-corrected chi connectivity index (χ0v) is 31.6. The van der Waals surface area contributed by atoms with E-state index in [1.54, 1.807) is 0 Å². The van der Waals surface area contributed by atoms with Crippen LogP contribution in [0.15, 0.2) is 0 Å². The van der Waals surface area contributed by atoms with Gasteiger partial charge >= 0.3 is 0 Å². The molecule has 4 saturated carbocycles. The summed E-state index contributed by atoms with van der Waals surface area (Å²) >= 11 is 0. The maximum atomic E-state index is 7.39. The fourth-order valence-electron chi connectivity index (χ4n) is 10.0. The van der Waals surface area contributed by atoms with Gasteiger partial charge in [0.2, 0.25) is 0 Å². The second-order valence-electron chi connectivity index (χ2n) is 18.4. The van der Waals surface area contributed by atoms with E-state index in [0.29, 0.717) is 16.6 Å². The van der Waals surface area contributed by atoms with Crippen LogP contribution in [0.3, 0.4) is 0 Å². The maximum absolute atomic E-state index is 7.39. The highest BCUT2D eigenvalue weighted by Gasteiger charge is 2.68. The topological polar surface area (TPSA) is 27.7 Å². The summed E-state index contributed by atoms with van der Waals surface area (Å²) in [5.74, 6) is 3.34. The minimum atomic E-state index is -1.76. The molecule has 4 aliphatic carbocycles. The van der Waals surface area contributed by atoms with Crippen molar-refractivity contribution in [2.45, 2.75) is 175 Å². The van der Waals surface area contributed by atoms with Gasteiger partial charge in [-0.2, -0.15) is 0 Å². The summed E-state index contributed by atoms with van der Waals surface area (Å²) in [4.78, 5) is 0. The first-order valence-electron chi connectivity index (χ1n) is 16.6. The highest BCUT2D eigenvalue weighted by Crippen LogP contribution is 2.70. The van der Waals surface area contributed by atoms with Gasteiger partial charge in [0.05, 0.1) is 11.7 Å². The summed E-state index contributed by atoms with van der Waals surface area (Å²) in [6, 6.07) is 0. The van der Waals surface area contributed by atoms with Crippen molar-refractivity contribution in [3.63, 3.8) is 0 Å². The molecule has 4 aliphatic rings. The fourth-order valence-corrected chi connectivity index (χ4v) is 14.3. The van der Waals surface area contributed by atoms with Crippen molar-refractivity contribution in [1.82, 2.24) is 0 Å². The highest BCUT2D eigenvalue weighted by molar-refractivity contribution is 6.74. The number of hydrogen-bond acceptors (Lipinski definition) is 3. The Kier molecular flexibility index (Phi) is 8.58. The molecule has 0 bridgehead atoms. The largest absolute Gasteiger partial charge is 0.414 e. The molecule has 4 fully saturated rings. The van der Waals surface area contributed by atoms with E-state index in [2.05, 4.69) is 93.9 Å². The van der Waals surface area contributed by atoms with E-state index >= 15 is 0 Å². The van der Waals surface area contributed by atoms with E-state index in [9.17, 15) is 0 Å². The maximum Gasteiger partial charge on any atom is 0.192 e. The molecule has 6 heteroatoms. The van der Waals surface area contributed by atoms with E-state index in [0.717, 1.165) is 23.7 Å². The number of rotatable bonds is 7. The molecule has 0 N–H and O–H groups in total. The van der Waals surface area contributed by atoms with Gasteiger partial charge in [-0.3, -0.25) is 0 Å². The van der Waals surface area contributed by atoms with Gasteiger partial charge in [0, 0.05) is 11.5 Å². The van der Waals surface area contributed by atoms with Gasteiger partial charge in [-0.25, -0.2) is 0 Å². The van der Waals surface area contributed by atoms with Gasteiger partial charge < -0.3 is 13.3 Å². The first-order valence-corrected chi connectivity index (χ1v) is 26.3. The van der Waals surface area contributed by atoms with Crippen LogP contribution in [0, 0.1) is 34.5 Å². The third-order valence-corrected chi connectivity index (χ3v) is 19.3. The molecule has 0 aromatic carbocycles. The molecule has 3 nitrogen and oxygen atoms in total. The number of hydrogen-bond donors (Lipinski definition) is 0. The smallest absolute Gasteiger partial charge is 0.192 e. The van der Waals surface area contributed by atoms with Crippen LogP contribution in [0.2, 0.25) is 57.4 Å². The molecule has 5 unspecified atom stereocenters. The molecule has 0 aliphatic heterocycles. The fraction of sp³-hybridized carbons (Fsp3) is 1.00. The van der Waals surface area contributed by atoms with Crippen LogP contribution in [-0.4, -0.2) is 42.8 Å². The summed E-state index contributed by atoms with van der Waals surface area (Å²) in [5.41, 5.74) is 0.585. The molecular formula is C33H66O3Si3. The average molecular weight is 595 g/mol. The predicted octanol–water partition coefficient (Wildman–Crippen LogP) is 10.2. The molecule has 0 saturated heterocycles. The normalized spacial score (nSPS) is 42.5. The van der Waals surface area contributed by atoms with Gasteiger partial charge in [0.25, 0.3) is 0 Å². The molecule has 4 rings (SSSR count). The molecule has 39 heavy (non-hydrogen) atoms. The van der Waals surface area contributed by atoms with Gasteiger partial charge in [-0.15, -0.1) is 0 Å². The van der Waals surface area contributed by atoms with Crippen LogP contribution in [-0.2, 0) is 13.3 Å². The Labute approximate surface area is 246 Å². The van der Waals surface area contributed by atoms with Crippen molar-refractivity contribution in [1.29, 1.82) is 0 Å².